The maximum absolute atomic E-state index is 12.4. The van der Waals surface area contributed by atoms with Crippen molar-refractivity contribution in [1.29, 1.82) is 0 Å². The normalized spacial score (nSPS) is 44.4. The number of esters is 1. The van der Waals surface area contributed by atoms with Crippen LogP contribution in [0.25, 0.3) is 0 Å². The SMILES string of the molecule is C[C@H]1CCC[C@]2(C)C[C@H]3OC(=O)C(CN[C@@H]4CONC4=O)[C@H]3C=C12. The molecule has 4 rings (SSSR count). The van der Waals surface area contributed by atoms with E-state index in [4.69, 9.17) is 9.57 Å². The van der Waals surface area contributed by atoms with Gasteiger partial charge in [-0.25, -0.2) is 5.48 Å². The lowest BCUT2D eigenvalue weighted by Crippen LogP contribution is -2.44. The smallest absolute Gasteiger partial charge is 0.311 e. The van der Waals surface area contributed by atoms with Crippen LogP contribution in [-0.2, 0) is 19.2 Å². The Bertz CT molecular complexity index is 590. The number of rotatable bonds is 3. The first-order chi connectivity index (χ1) is 11.5. The molecule has 6 atom stereocenters. The van der Waals surface area contributed by atoms with Crippen LogP contribution in [-0.4, -0.2) is 37.2 Å². The van der Waals surface area contributed by atoms with Crippen LogP contribution in [0.4, 0.5) is 0 Å². The van der Waals surface area contributed by atoms with Gasteiger partial charge in [-0.1, -0.05) is 31.9 Å². The van der Waals surface area contributed by atoms with Crippen LogP contribution < -0.4 is 10.8 Å². The zero-order valence-corrected chi connectivity index (χ0v) is 14.3. The van der Waals surface area contributed by atoms with Gasteiger partial charge < -0.3 is 10.1 Å². The van der Waals surface area contributed by atoms with Gasteiger partial charge >= 0.3 is 5.97 Å². The van der Waals surface area contributed by atoms with E-state index in [-0.39, 0.29) is 41.3 Å². The Kier molecular flexibility index (Phi) is 3.92. The second-order valence-corrected chi connectivity index (χ2v) is 8.08. The molecule has 1 saturated carbocycles. The van der Waals surface area contributed by atoms with Crippen molar-refractivity contribution in [2.24, 2.45) is 23.2 Å². The van der Waals surface area contributed by atoms with Gasteiger partial charge in [0.2, 0.25) is 0 Å². The van der Waals surface area contributed by atoms with E-state index in [1.54, 1.807) is 0 Å². The molecular formula is C18H26N2O4. The Morgan fingerprint density at radius 1 is 1.42 bits per heavy atom. The summed E-state index contributed by atoms with van der Waals surface area (Å²) in [6.07, 6.45) is 6.92. The summed E-state index contributed by atoms with van der Waals surface area (Å²) in [4.78, 5) is 28.9. The van der Waals surface area contributed by atoms with Crippen molar-refractivity contribution < 1.29 is 19.2 Å². The van der Waals surface area contributed by atoms with E-state index >= 15 is 0 Å². The monoisotopic (exact) mass is 334 g/mol. The summed E-state index contributed by atoms with van der Waals surface area (Å²) in [5.41, 5.74) is 4.03. The van der Waals surface area contributed by atoms with Gasteiger partial charge in [0, 0.05) is 12.5 Å². The van der Waals surface area contributed by atoms with E-state index in [1.807, 2.05) is 0 Å². The molecule has 24 heavy (non-hydrogen) atoms. The van der Waals surface area contributed by atoms with Crippen LogP contribution in [0.1, 0.15) is 39.5 Å². The largest absolute Gasteiger partial charge is 0.461 e. The highest BCUT2D eigenvalue weighted by Gasteiger charge is 2.51. The van der Waals surface area contributed by atoms with Crippen LogP contribution in [0, 0.1) is 23.2 Å². The number of ether oxygens (including phenoxy) is 1. The van der Waals surface area contributed by atoms with Crippen molar-refractivity contribution >= 4 is 11.9 Å². The molecule has 2 aliphatic heterocycles. The van der Waals surface area contributed by atoms with Gasteiger partial charge in [0.25, 0.3) is 5.91 Å². The highest BCUT2D eigenvalue weighted by Crippen LogP contribution is 2.53. The number of hydrogen-bond donors (Lipinski definition) is 2. The second-order valence-electron chi connectivity index (χ2n) is 8.08. The molecule has 6 nitrogen and oxygen atoms in total. The topological polar surface area (TPSA) is 76.7 Å². The number of hydroxylamine groups is 1. The maximum atomic E-state index is 12.4. The highest BCUT2D eigenvalue weighted by molar-refractivity contribution is 5.82. The summed E-state index contributed by atoms with van der Waals surface area (Å²) < 4.78 is 5.71. The van der Waals surface area contributed by atoms with Crippen molar-refractivity contribution in [2.75, 3.05) is 13.2 Å². The molecule has 0 bridgehead atoms. The molecule has 0 aromatic heterocycles. The molecule has 1 amide bonds. The standard InChI is InChI=1S/C18H26N2O4/c1-10-4-3-5-18(2)7-15-11(6-13(10)18)12(17(22)24-15)8-19-14-9-23-20-16(14)21/h6,10-12,14-15,19H,3-5,7-9H2,1-2H3,(H,20,21)/t10-,11+,12?,14+,15+,18+/m0/s1. The molecule has 2 aliphatic carbocycles. The summed E-state index contributed by atoms with van der Waals surface area (Å²) in [7, 11) is 0. The fourth-order valence-corrected chi connectivity index (χ4v) is 5.05. The molecule has 2 N–H and O–H groups in total. The molecule has 2 heterocycles. The summed E-state index contributed by atoms with van der Waals surface area (Å²) in [5, 5.41) is 3.16. The van der Waals surface area contributed by atoms with Crippen molar-refractivity contribution in [3.63, 3.8) is 0 Å². The third kappa shape index (κ3) is 2.56. The summed E-state index contributed by atoms with van der Waals surface area (Å²) >= 11 is 0. The van der Waals surface area contributed by atoms with Gasteiger partial charge in [0.15, 0.2) is 0 Å². The minimum absolute atomic E-state index is 0.0167. The summed E-state index contributed by atoms with van der Waals surface area (Å²) in [6, 6.07) is -0.382. The average molecular weight is 334 g/mol. The Morgan fingerprint density at radius 2 is 2.25 bits per heavy atom. The molecule has 6 heteroatoms. The van der Waals surface area contributed by atoms with Gasteiger partial charge in [-0.2, -0.15) is 0 Å². The number of allylic oxidation sites excluding steroid dienone is 1. The predicted molar refractivity (Wildman–Crippen MR) is 86.6 cm³/mol. The van der Waals surface area contributed by atoms with E-state index in [2.05, 4.69) is 30.7 Å². The van der Waals surface area contributed by atoms with Crippen molar-refractivity contribution in [3.8, 4) is 0 Å². The minimum Gasteiger partial charge on any atom is -0.461 e. The van der Waals surface area contributed by atoms with E-state index in [9.17, 15) is 9.59 Å². The number of nitrogens with one attached hydrogen (secondary N) is 2. The van der Waals surface area contributed by atoms with Crippen molar-refractivity contribution in [3.05, 3.63) is 11.6 Å². The van der Waals surface area contributed by atoms with E-state index < -0.39 is 0 Å². The number of hydrogen-bond acceptors (Lipinski definition) is 5. The highest BCUT2D eigenvalue weighted by atomic mass is 16.7. The lowest BCUT2D eigenvalue weighted by atomic mass is 9.59. The lowest BCUT2D eigenvalue weighted by Gasteiger charge is -2.46. The van der Waals surface area contributed by atoms with Crippen LogP contribution in [0.2, 0.25) is 0 Å². The number of fused-ring (bicyclic) bond motifs is 2. The Hall–Kier alpha value is -1.40. The molecule has 0 aromatic carbocycles. The second kappa shape index (κ2) is 5.85. The molecule has 0 aromatic rings. The third-order valence-electron chi connectivity index (χ3n) is 6.40. The fraction of sp³-hybridized carbons (Fsp3) is 0.778. The first kappa shape index (κ1) is 16.1. The van der Waals surface area contributed by atoms with Crippen molar-refractivity contribution in [2.45, 2.75) is 51.7 Å². The Morgan fingerprint density at radius 3 is 3.00 bits per heavy atom. The first-order valence-electron chi connectivity index (χ1n) is 9.06. The van der Waals surface area contributed by atoms with Gasteiger partial charge in [0.1, 0.15) is 12.1 Å². The van der Waals surface area contributed by atoms with E-state index in [0.29, 0.717) is 19.1 Å². The average Bonchev–Trinajstić information content (AvgIpc) is 3.05. The van der Waals surface area contributed by atoms with Crippen LogP contribution >= 0.6 is 0 Å². The van der Waals surface area contributed by atoms with E-state index in [1.165, 1.54) is 24.8 Å². The molecule has 132 valence electrons. The Balaban J connectivity index is 1.52. The fourth-order valence-electron chi connectivity index (χ4n) is 5.05. The number of carbonyl (C=O) groups is 2. The first-order valence-corrected chi connectivity index (χ1v) is 9.06. The zero-order chi connectivity index (χ0) is 16.9. The summed E-state index contributed by atoms with van der Waals surface area (Å²) in [6.45, 7) is 5.38. The molecule has 0 radical (unpaired) electrons. The van der Waals surface area contributed by atoms with Crippen LogP contribution in [0.3, 0.4) is 0 Å². The van der Waals surface area contributed by atoms with Crippen molar-refractivity contribution in [1.82, 2.24) is 10.8 Å². The van der Waals surface area contributed by atoms with Crippen LogP contribution in [0.15, 0.2) is 11.6 Å². The van der Waals surface area contributed by atoms with Gasteiger partial charge in [0.05, 0.1) is 12.5 Å². The number of carbonyl (C=O) groups excluding carboxylic acids is 2. The molecule has 2 saturated heterocycles. The van der Waals surface area contributed by atoms with E-state index in [0.717, 1.165) is 6.42 Å². The minimum atomic E-state index is -0.382. The molecular weight excluding hydrogens is 308 g/mol. The lowest BCUT2D eigenvalue weighted by molar-refractivity contribution is -0.145. The predicted octanol–water partition coefficient (Wildman–Crippen LogP) is 1.32. The zero-order valence-electron chi connectivity index (χ0n) is 14.3. The van der Waals surface area contributed by atoms with Gasteiger partial charge in [-0.3, -0.25) is 14.4 Å². The van der Waals surface area contributed by atoms with Gasteiger partial charge in [-0.05, 0) is 30.6 Å². The third-order valence-corrected chi connectivity index (χ3v) is 6.40. The molecule has 1 unspecified atom stereocenters. The molecule has 0 spiro atoms. The van der Waals surface area contributed by atoms with Gasteiger partial charge in [-0.15, -0.1) is 0 Å². The Labute approximate surface area is 142 Å². The summed E-state index contributed by atoms with van der Waals surface area (Å²) in [5.74, 6) is 0.188. The quantitative estimate of drug-likeness (QED) is 0.601. The van der Waals surface area contributed by atoms with Crippen LogP contribution in [0.5, 0.6) is 0 Å². The maximum Gasteiger partial charge on any atom is 0.311 e. The number of amides is 1. The molecule has 4 aliphatic rings. The molecule has 3 fully saturated rings.